The summed E-state index contributed by atoms with van der Waals surface area (Å²) in [5.74, 6) is -0.269. The number of nitrogens with one attached hydrogen (secondary N) is 1. The number of nitrogens with zero attached hydrogens (tertiary/aromatic N) is 2. The minimum absolute atomic E-state index is 0.0752. The van der Waals surface area contributed by atoms with Crippen molar-refractivity contribution in [3.05, 3.63) is 42.0 Å². The maximum Gasteiger partial charge on any atom is 0.332 e. The number of fused-ring (bicyclic) bond motifs is 2. The number of carbonyl (C=O) groups is 3. The van der Waals surface area contributed by atoms with Crippen LogP contribution in [0.5, 0.6) is 5.75 Å². The summed E-state index contributed by atoms with van der Waals surface area (Å²) in [4.78, 5) is 43.2. The molecule has 3 aliphatic rings. The summed E-state index contributed by atoms with van der Waals surface area (Å²) in [5.41, 5.74) is -0.151. The molecule has 1 aromatic rings. The van der Waals surface area contributed by atoms with Crippen LogP contribution in [0.2, 0.25) is 0 Å². The average Bonchev–Trinajstić information content (AvgIpc) is 3.42. The van der Waals surface area contributed by atoms with Gasteiger partial charge in [0.2, 0.25) is 5.91 Å². The Labute approximate surface area is 212 Å². The highest BCUT2D eigenvalue weighted by molar-refractivity contribution is 5.95. The van der Waals surface area contributed by atoms with E-state index in [1.807, 2.05) is 30.3 Å². The number of hydrogen-bond acceptors (Lipinski definition) is 6. The van der Waals surface area contributed by atoms with E-state index >= 15 is 0 Å². The second kappa shape index (κ2) is 11.3. The normalized spacial score (nSPS) is 29.8. The van der Waals surface area contributed by atoms with Crippen molar-refractivity contribution < 1.29 is 29.0 Å². The van der Waals surface area contributed by atoms with Gasteiger partial charge in [0.05, 0.1) is 19.8 Å². The van der Waals surface area contributed by atoms with Gasteiger partial charge in [-0.1, -0.05) is 30.7 Å². The number of ether oxygens (including phenoxy) is 2. The third-order valence-electron chi connectivity index (χ3n) is 7.30. The van der Waals surface area contributed by atoms with E-state index in [0.717, 1.165) is 37.0 Å². The van der Waals surface area contributed by atoms with Crippen LogP contribution in [0.1, 0.15) is 51.0 Å². The van der Waals surface area contributed by atoms with Crippen molar-refractivity contribution in [1.82, 2.24) is 15.1 Å². The summed E-state index contributed by atoms with van der Waals surface area (Å²) < 4.78 is 10.5. The largest absolute Gasteiger partial charge is 0.497 e. The molecule has 4 atom stereocenters. The molecule has 0 spiro atoms. The Kier molecular flexibility index (Phi) is 8.18. The zero-order valence-corrected chi connectivity index (χ0v) is 21.2. The Bertz CT molecular complexity index is 980. The van der Waals surface area contributed by atoms with Crippen molar-refractivity contribution in [3.63, 3.8) is 0 Å². The Morgan fingerprint density at radius 2 is 1.97 bits per heavy atom. The number of benzene rings is 1. The van der Waals surface area contributed by atoms with Crippen LogP contribution in [0.25, 0.3) is 0 Å². The fourth-order valence-corrected chi connectivity index (χ4v) is 5.16. The first-order chi connectivity index (χ1) is 17.4. The summed E-state index contributed by atoms with van der Waals surface area (Å²) >= 11 is 0. The maximum atomic E-state index is 13.7. The van der Waals surface area contributed by atoms with E-state index in [4.69, 9.17) is 9.47 Å². The molecule has 2 heterocycles. The lowest BCUT2D eigenvalue weighted by Gasteiger charge is -2.32. The van der Waals surface area contributed by atoms with Gasteiger partial charge in [0.15, 0.2) is 0 Å². The molecule has 1 aromatic carbocycles. The number of urea groups is 1. The Morgan fingerprint density at radius 1 is 1.19 bits per heavy atom. The second-order valence-electron chi connectivity index (χ2n) is 9.88. The molecule has 9 heteroatoms. The molecule has 36 heavy (non-hydrogen) atoms. The first-order valence-electron chi connectivity index (χ1n) is 12.9. The van der Waals surface area contributed by atoms with Crippen LogP contribution in [0, 0.1) is 5.92 Å². The van der Waals surface area contributed by atoms with Crippen molar-refractivity contribution in [2.45, 2.75) is 69.7 Å². The highest BCUT2D eigenvalue weighted by atomic mass is 16.5. The second-order valence-corrected chi connectivity index (χ2v) is 9.88. The molecular weight excluding hydrogens is 462 g/mol. The van der Waals surface area contributed by atoms with E-state index < -0.39 is 29.6 Å². The zero-order chi connectivity index (χ0) is 25.7. The number of rotatable bonds is 5. The number of allylic oxidation sites excluding steroid dienone is 1. The highest BCUT2D eigenvalue weighted by Crippen LogP contribution is 2.46. The fourth-order valence-electron chi connectivity index (χ4n) is 5.16. The van der Waals surface area contributed by atoms with Crippen LogP contribution in [0.4, 0.5) is 4.79 Å². The molecule has 1 saturated carbocycles. The van der Waals surface area contributed by atoms with E-state index in [0.29, 0.717) is 19.5 Å². The molecule has 196 valence electrons. The summed E-state index contributed by atoms with van der Waals surface area (Å²) in [6.07, 6.45) is 7.50. The van der Waals surface area contributed by atoms with Gasteiger partial charge >= 0.3 is 12.0 Å². The van der Waals surface area contributed by atoms with Crippen LogP contribution >= 0.6 is 0 Å². The third-order valence-corrected chi connectivity index (χ3v) is 7.30. The number of carbonyl (C=O) groups excluding carboxylic acids is 3. The van der Waals surface area contributed by atoms with Crippen molar-refractivity contribution in [1.29, 1.82) is 0 Å². The SMILES string of the molecule is CCOC(=O)[C@@]12C[C@H]1/C=C\CCCCCN(Cc1ccc(OC)cc1)C(=O)N1C[C@@H](O)C[C@H]1C(=O)N2. The Hall–Kier alpha value is -3.07. The molecule has 1 saturated heterocycles. The van der Waals surface area contributed by atoms with Gasteiger partial charge < -0.3 is 29.7 Å². The number of methoxy groups -OCH3 is 1. The van der Waals surface area contributed by atoms with Crippen molar-refractivity contribution in [2.75, 3.05) is 26.8 Å². The molecule has 2 N–H and O–H groups in total. The maximum absolute atomic E-state index is 13.7. The molecule has 1 aliphatic carbocycles. The van der Waals surface area contributed by atoms with Crippen LogP contribution in [-0.2, 0) is 20.9 Å². The standard InChI is InChI=1S/C27H37N3O6/c1-3-36-25(33)27-16-20(27)9-7-5-4-6-8-14-29(17-19-10-12-22(35-2)13-11-19)26(34)30-18-21(31)15-23(30)24(32)28-27/h7,9-13,20-21,23,31H,3-6,8,14-18H2,1-2H3,(H,28,32)/b9-7-/t20-,21+,23+,27-/m1/s1. The smallest absolute Gasteiger partial charge is 0.332 e. The van der Waals surface area contributed by atoms with Crippen LogP contribution < -0.4 is 10.1 Å². The molecule has 0 radical (unpaired) electrons. The lowest BCUT2D eigenvalue weighted by Crippen LogP contribution is -2.55. The molecular formula is C27H37N3O6. The summed E-state index contributed by atoms with van der Waals surface area (Å²) in [7, 11) is 1.61. The van der Waals surface area contributed by atoms with Crippen molar-refractivity contribution in [2.24, 2.45) is 5.92 Å². The highest BCUT2D eigenvalue weighted by Gasteiger charge is 2.62. The molecule has 4 rings (SSSR count). The summed E-state index contributed by atoms with van der Waals surface area (Å²) in [6, 6.07) is 6.42. The van der Waals surface area contributed by atoms with Gasteiger partial charge in [-0.15, -0.1) is 0 Å². The van der Waals surface area contributed by atoms with Crippen LogP contribution in [-0.4, -0.2) is 77.3 Å². The fraction of sp³-hybridized carbons (Fsp3) is 0.593. The Balaban J connectivity index is 1.58. The van der Waals surface area contributed by atoms with Gasteiger partial charge in [-0.2, -0.15) is 0 Å². The number of hydrogen-bond donors (Lipinski definition) is 2. The van der Waals surface area contributed by atoms with E-state index in [1.54, 1.807) is 18.9 Å². The van der Waals surface area contributed by atoms with Crippen LogP contribution in [0.15, 0.2) is 36.4 Å². The number of aliphatic hydroxyl groups is 1. The minimum atomic E-state index is -1.10. The lowest BCUT2D eigenvalue weighted by molar-refractivity contribution is -0.149. The third kappa shape index (κ3) is 5.67. The first kappa shape index (κ1) is 26.0. The zero-order valence-electron chi connectivity index (χ0n) is 21.2. The average molecular weight is 500 g/mol. The van der Waals surface area contributed by atoms with Gasteiger partial charge in [-0.25, -0.2) is 9.59 Å². The van der Waals surface area contributed by atoms with Gasteiger partial charge in [0, 0.05) is 32.0 Å². The molecule has 2 fully saturated rings. The number of aliphatic hydroxyl groups excluding tert-OH is 1. The van der Waals surface area contributed by atoms with Gasteiger partial charge in [0.25, 0.3) is 0 Å². The van der Waals surface area contributed by atoms with Crippen LogP contribution in [0.3, 0.4) is 0 Å². The monoisotopic (exact) mass is 499 g/mol. The summed E-state index contributed by atoms with van der Waals surface area (Å²) in [5, 5.41) is 13.3. The Morgan fingerprint density at radius 3 is 2.69 bits per heavy atom. The van der Waals surface area contributed by atoms with Gasteiger partial charge in [-0.3, -0.25) is 4.79 Å². The molecule has 3 amide bonds. The first-order valence-corrected chi connectivity index (χ1v) is 12.9. The number of esters is 1. The lowest BCUT2D eigenvalue weighted by atomic mass is 10.1. The molecule has 0 bridgehead atoms. The van der Waals surface area contributed by atoms with E-state index in [2.05, 4.69) is 11.4 Å². The predicted molar refractivity (Wildman–Crippen MR) is 133 cm³/mol. The number of amides is 3. The van der Waals surface area contributed by atoms with E-state index in [1.165, 1.54) is 4.90 Å². The molecule has 2 aliphatic heterocycles. The molecule has 9 nitrogen and oxygen atoms in total. The van der Waals surface area contributed by atoms with Gasteiger partial charge in [-0.05, 0) is 50.3 Å². The molecule has 0 aromatic heterocycles. The summed E-state index contributed by atoms with van der Waals surface area (Å²) in [6.45, 7) is 2.97. The van der Waals surface area contributed by atoms with E-state index in [9.17, 15) is 19.5 Å². The van der Waals surface area contributed by atoms with Gasteiger partial charge in [0.1, 0.15) is 17.3 Å². The quantitative estimate of drug-likeness (QED) is 0.476. The van der Waals surface area contributed by atoms with Crippen molar-refractivity contribution in [3.8, 4) is 5.75 Å². The molecule has 0 unspecified atom stereocenters. The topological polar surface area (TPSA) is 108 Å². The van der Waals surface area contributed by atoms with Crippen molar-refractivity contribution >= 4 is 17.9 Å². The van der Waals surface area contributed by atoms with E-state index in [-0.39, 0.29) is 31.5 Å². The predicted octanol–water partition coefficient (Wildman–Crippen LogP) is 2.62. The minimum Gasteiger partial charge on any atom is -0.497 e.